The first-order valence-corrected chi connectivity index (χ1v) is 3.06. The van der Waals surface area contributed by atoms with Crippen molar-refractivity contribution in [3.8, 4) is 0 Å². The molecule has 0 aliphatic rings. The number of H-pyrrole nitrogens is 1. The van der Waals surface area contributed by atoms with Gasteiger partial charge in [0.15, 0.2) is 5.15 Å². The summed E-state index contributed by atoms with van der Waals surface area (Å²) < 4.78 is 0. The molecule has 10 heavy (non-hydrogen) atoms. The number of nitrogens with one attached hydrogen (secondary N) is 1. The summed E-state index contributed by atoms with van der Waals surface area (Å²) in [5, 5.41) is 15.0. The van der Waals surface area contributed by atoms with Crippen molar-refractivity contribution >= 4 is 22.5 Å². The Morgan fingerprint density at radius 3 is 3.20 bits per heavy atom. The van der Waals surface area contributed by atoms with E-state index in [9.17, 15) is 0 Å². The Bertz CT molecular complexity index is 355. The number of halogens is 1. The number of hydrogen-bond donors (Lipinski definition) is 1. The molecule has 50 valence electrons. The molecule has 0 aliphatic carbocycles. The monoisotopic (exact) mass is 154 g/mol. The van der Waals surface area contributed by atoms with Crippen molar-refractivity contribution in [2.24, 2.45) is 0 Å². The lowest BCUT2D eigenvalue weighted by Gasteiger charge is -1.85. The Balaban J connectivity index is 2.95. The summed E-state index contributed by atoms with van der Waals surface area (Å²) in [6, 6.07) is 0. The lowest BCUT2D eigenvalue weighted by Crippen LogP contribution is -1.80. The van der Waals surface area contributed by atoms with Crippen molar-refractivity contribution < 1.29 is 0 Å². The third-order valence-electron chi connectivity index (χ3n) is 1.22. The largest absolute Gasteiger partial charge is 0.284 e. The van der Waals surface area contributed by atoms with Gasteiger partial charge in [-0.1, -0.05) is 11.6 Å². The fourth-order valence-electron chi connectivity index (χ4n) is 0.752. The van der Waals surface area contributed by atoms with Crippen molar-refractivity contribution in [2.45, 2.75) is 0 Å². The molecule has 0 atom stereocenters. The molecule has 2 aromatic heterocycles. The predicted octanol–water partition coefficient (Wildman–Crippen LogP) is 1.01. The Kier molecular flexibility index (Phi) is 1.07. The SMILES string of the molecule is Clc1nncc2n[nH]cc12. The van der Waals surface area contributed by atoms with Gasteiger partial charge in [0, 0.05) is 6.20 Å². The van der Waals surface area contributed by atoms with E-state index < -0.39 is 0 Å². The van der Waals surface area contributed by atoms with Crippen molar-refractivity contribution in [1.82, 2.24) is 20.4 Å². The summed E-state index contributed by atoms with van der Waals surface area (Å²) in [5.74, 6) is 0. The van der Waals surface area contributed by atoms with Crippen LogP contribution in [0.4, 0.5) is 0 Å². The molecule has 0 saturated heterocycles. The van der Waals surface area contributed by atoms with E-state index in [1.54, 1.807) is 12.4 Å². The zero-order valence-electron chi connectivity index (χ0n) is 4.87. The first-order valence-electron chi connectivity index (χ1n) is 2.68. The van der Waals surface area contributed by atoms with Gasteiger partial charge in [0.2, 0.25) is 0 Å². The van der Waals surface area contributed by atoms with Gasteiger partial charge >= 0.3 is 0 Å². The van der Waals surface area contributed by atoms with E-state index in [2.05, 4.69) is 20.4 Å². The van der Waals surface area contributed by atoms with Gasteiger partial charge in [0.25, 0.3) is 0 Å². The number of hydrogen-bond acceptors (Lipinski definition) is 3. The second kappa shape index (κ2) is 1.91. The fraction of sp³-hybridized carbons (Fsp3) is 0. The van der Waals surface area contributed by atoms with Crippen molar-refractivity contribution in [1.29, 1.82) is 0 Å². The van der Waals surface area contributed by atoms with E-state index in [1.807, 2.05) is 0 Å². The quantitative estimate of drug-likeness (QED) is 0.616. The van der Waals surface area contributed by atoms with Gasteiger partial charge in [0.05, 0.1) is 11.6 Å². The number of nitrogens with zero attached hydrogens (tertiary/aromatic N) is 3. The molecule has 0 aliphatic heterocycles. The van der Waals surface area contributed by atoms with Crippen LogP contribution in [0.5, 0.6) is 0 Å². The molecule has 0 saturated carbocycles. The van der Waals surface area contributed by atoms with Crippen LogP contribution in [0.3, 0.4) is 0 Å². The second-order valence-electron chi connectivity index (χ2n) is 1.82. The van der Waals surface area contributed by atoms with E-state index in [1.165, 1.54) is 0 Å². The summed E-state index contributed by atoms with van der Waals surface area (Å²) in [7, 11) is 0. The first kappa shape index (κ1) is 5.61. The topological polar surface area (TPSA) is 54.5 Å². The molecule has 0 aromatic carbocycles. The summed E-state index contributed by atoms with van der Waals surface area (Å²) in [5.41, 5.74) is 0.736. The van der Waals surface area contributed by atoms with Gasteiger partial charge < -0.3 is 0 Å². The molecule has 0 spiro atoms. The highest BCUT2D eigenvalue weighted by molar-refractivity contribution is 6.33. The normalized spacial score (nSPS) is 10.5. The molecule has 2 aromatic rings. The van der Waals surface area contributed by atoms with Gasteiger partial charge in [0.1, 0.15) is 5.52 Å². The maximum atomic E-state index is 5.66. The average molecular weight is 155 g/mol. The van der Waals surface area contributed by atoms with Gasteiger partial charge in [-0.15, -0.1) is 5.10 Å². The van der Waals surface area contributed by atoms with Crippen molar-refractivity contribution in [2.75, 3.05) is 0 Å². The highest BCUT2D eigenvalue weighted by atomic mass is 35.5. The number of rotatable bonds is 0. The third kappa shape index (κ3) is 0.657. The minimum absolute atomic E-state index is 0.381. The molecular weight excluding hydrogens is 152 g/mol. The van der Waals surface area contributed by atoms with E-state index in [0.717, 1.165) is 10.9 Å². The van der Waals surface area contributed by atoms with Crippen LogP contribution in [0, 0.1) is 0 Å². The van der Waals surface area contributed by atoms with Crippen LogP contribution in [0.25, 0.3) is 10.9 Å². The van der Waals surface area contributed by atoms with Crippen LogP contribution >= 0.6 is 11.6 Å². The van der Waals surface area contributed by atoms with Crippen LogP contribution in [0.2, 0.25) is 5.15 Å². The van der Waals surface area contributed by atoms with Gasteiger partial charge in [-0.25, -0.2) is 0 Å². The first-order chi connectivity index (χ1) is 4.88. The molecule has 0 unspecified atom stereocenters. The molecule has 1 N–H and O–H groups in total. The summed E-state index contributed by atoms with van der Waals surface area (Å²) >= 11 is 5.66. The number of aromatic amines is 1. The van der Waals surface area contributed by atoms with Crippen LogP contribution in [-0.4, -0.2) is 20.4 Å². The Morgan fingerprint density at radius 1 is 1.50 bits per heavy atom. The molecule has 0 radical (unpaired) electrons. The molecule has 0 fully saturated rings. The number of aromatic nitrogens is 4. The van der Waals surface area contributed by atoms with Crippen LogP contribution in [0.1, 0.15) is 0 Å². The van der Waals surface area contributed by atoms with E-state index in [-0.39, 0.29) is 0 Å². The highest BCUT2D eigenvalue weighted by Gasteiger charge is 2.00. The Labute approximate surface area is 61.2 Å². The smallest absolute Gasteiger partial charge is 0.162 e. The van der Waals surface area contributed by atoms with E-state index in [4.69, 9.17) is 11.6 Å². The van der Waals surface area contributed by atoms with Crippen molar-refractivity contribution in [3.63, 3.8) is 0 Å². The van der Waals surface area contributed by atoms with Crippen LogP contribution in [-0.2, 0) is 0 Å². The van der Waals surface area contributed by atoms with E-state index in [0.29, 0.717) is 5.15 Å². The zero-order chi connectivity index (χ0) is 6.97. The molecule has 5 heteroatoms. The van der Waals surface area contributed by atoms with E-state index >= 15 is 0 Å². The summed E-state index contributed by atoms with van der Waals surface area (Å²) in [6.07, 6.45) is 3.24. The average Bonchev–Trinajstić information content (AvgIpc) is 2.36. The van der Waals surface area contributed by atoms with Crippen LogP contribution in [0.15, 0.2) is 12.4 Å². The summed E-state index contributed by atoms with van der Waals surface area (Å²) in [6.45, 7) is 0. The predicted molar refractivity (Wildman–Crippen MR) is 36.7 cm³/mol. The minimum Gasteiger partial charge on any atom is -0.284 e. The van der Waals surface area contributed by atoms with Gasteiger partial charge in [-0.05, 0) is 0 Å². The molecular formula is C5H3ClN4. The highest BCUT2D eigenvalue weighted by Crippen LogP contribution is 2.15. The lowest BCUT2D eigenvalue weighted by molar-refractivity contribution is 1.04. The maximum Gasteiger partial charge on any atom is 0.162 e. The third-order valence-corrected chi connectivity index (χ3v) is 1.50. The number of fused-ring (bicyclic) bond motifs is 1. The fourth-order valence-corrected chi connectivity index (χ4v) is 0.947. The minimum atomic E-state index is 0.381. The Morgan fingerprint density at radius 2 is 2.40 bits per heavy atom. The summed E-state index contributed by atoms with van der Waals surface area (Å²) in [4.78, 5) is 0. The molecule has 2 rings (SSSR count). The lowest BCUT2D eigenvalue weighted by atomic mass is 10.4. The second-order valence-corrected chi connectivity index (χ2v) is 2.18. The standard InChI is InChI=1S/C5H3ClN4/c6-5-3-1-7-9-4(3)2-8-10-5/h1-2H,(H,7,9). The van der Waals surface area contributed by atoms with Crippen molar-refractivity contribution in [3.05, 3.63) is 17.5 Å². The zero-order valence-corrected chi connectivity index (χ0v) is 5.63. The van der Waals surface area contributed by atoms with Crippen LogP contribution < -0.4 is 0 Å². The van der Waals surface area contributed by atoms with Gasteiger partial charge in [-0.3, -0.25) is 5.10 Å². The molecule has 4 nitrogen and oxygen atoms in total. The molecule has 0 bridgehead atoms. The molecule has 2 heterocycles. The Hall–Kier alpha value is -1.16. The molecule has 0 amide bonds. The van der Waals surface area contributed by atoms with Gasteiger partial charge in [-0.2, -0.15) is 10.2 Å². The maximum absolute atomic E-state index is 5.66.